The van der Waals surface area contributed by atoms with Crippen LogP contribution in [0, 0.1) is 0 Å². The summed E-state index contributed by atoms with van der Waals surface area (Å²) in [4.78, 5) is 43.3. The van der Waals surface area contributed by atoms with Crippen LogP contribution in [0.1, 0.15) is 36.9 Å². The Balaban J connectivity index is 1.41. The zero-order valence-electron chi connectivity index (χ0n) is 15.7. The Bertz CT molecular complexity index is 978. The second-order valence-corrected chi connectivity index (χ2v) is 8.85. The third-order valence-corrected chi connectivity index (χ3v) is 6.71. The Morgan fingerprint density at radius 1 is 0.862 bits per heavy atom. The highest BCUT2D eigenvalue weighted by molar-refractivity contribution is 7.10. The van der Waals surface area contributed by atoms with Crippen molar-refractivity contribution in [3.8, 4) is 0 Å². The molecular formula is C22H20N2O3S2. The number of hydrogen-bond acceptors (Lipinski definition) is 5. The SMILES string of the molecule is O=C(CCN1C(=O)c2ccccc2C1=O)N(CCc1cccs1)Cc1cccs1. The lowest BCUT2D eigenvalue weighted by molar-refractivity contribution is -0.131. The van der Waals surface area contributed by atoms with Crippen molar-refractivity contribution in [1.29, 1.82) is 0 Å². The maximum absolute atomic E-state index is 13.0. The van der Waals surface area contributed by atoms with Crippen molar-refractivity contribution in [2.24, 2.45) is 0 Å². The van der Waals surface area contributed by atoms with Gasteiger partial charge in [0.05, 0.1) is 17.7 Å². The zero-order valence-corrected chi connectivity index (χ0v) is 17.4. The number of nitrogens with zero attached hydrogens (tertiary/aromatic N) is 2. The highest BCUT2D eigenvalue weighted by atomic mass is 32.1. The molecule has 0 spiro atoms. The number of imide groups is 1. The van der Waals surface area contributed by atoms with Crippen LogP contribution in [-0.4, -0.2) is 40.6 Å². The minimum Gasteiger partial charge on any atom is -0.337 e. The summed E-state index contributed by atoms with van der Waals surface area (Å²) in [5.41, 5.74) is 0.830. The van der Waals surface area contributed by atoms with E-state index in [1.807, 2.05) is 33.9 Å². The monoisotopic (exact) mass is 424 g/mol. The largest absolute Gasteiger partial charge is 0.337 e. The van der Waals surface area contributed by atoms with Gasteiger partial charge in [0.25, 0.3) is 11.8 Å². The smallest absolute Gasteiger partial charge is 0.261 e. The number of fused-ring (bicyclic) bond motifs is 1. The Labute approximate surface area is 177 Å². The molecule has 7 heteroatoms. The van der Waals surface area contributed by atoms with Crippen LogP contribution in [0.2, 0.25) is 0 Å². The van der Waals surface area contributed by atoms with Gasteiger partial charge in [-0.05, 0) is 41.4 Å². The zero-order chi connectivity index (χ0) is 20.2. The number of hydrogen-bond donors (Lipinski definition) is 0. The molecule has 0 saturated heterocycles. The highest BCUT2D eigenvalue weighted by Gasteiger charge is 2.35. The maximum atomic E-state index is 13.0. The van der Waals surface area contributed by atoms with Crippen molar-refractivity contribution in [2.45, 2.75) is 19.4 Å². The molecule has 0 saturated carbocycles. The van der Waals surface area contributed by atoms with Gasteiger partial charge < -0.3 is 4.90 Å². The van der Waals surface area contributed by atoms with E-state index in [2.05, 4.69) is 6.07 Å². The van der Waals surface area contributed by atoms with Gasteiger partial charge in [0.1, 0.15) is 0 Å². The fourth-order valence-electron chi connectivity index (χ4n) is 3.39. The Morgan fingerprint density at radius 2 is 1.48 bits per heavy atom. The molecule has 0 bridgehead atoms. The molecule has 1 aliphatic rings. The van der Waals surface area contributed by atoms with Gasteiger partial charge in [-0.15, -0.1) is 22.7 Å². The van der Waals surface area contributed by atoms with Crippen LogP contribution >= 0.6 is 22.7 Å². The standard InChI is InChI=1S/C22H20N2O3S2/c25-20(10-12-24-21(26)18-7-1-2-8-19(18)22(24)27)23(15-17-6-4-14-29-17)11-9-16-5-3-13-28-16/h1-8,13-14H,9-12,15H2. The molecule has 5 nitrogen and oxygen atoms in total. The molecule has 0 N–H and O–H groups in total. The summed E-state index contributed by atoms with van der Waals surface area (Å²) in [7, 11) is 0. The molecule has 3 amide bonds. The van der Waals surface area contributed by atoms with Crippen molar-refractivity contribution in [3.05, 3.63) is 80.2 Å². The Hall–Kier alpha value is -2.77. The molecule has 148 valence electrons. The van der Waals surface area contributed by atoms with E-state index < -0.39 is 0 Å². The van der Waals surface area contributed by atoms with E-state index in [1.54, 1.807) is 46.9 Å². The van der Waals surface area contributed by atoms with Crippen molar-refractivity contribution < 1.29 is 14.4 Å². The third kappa shape index (κ3) is 4.31. The second kappa shape index (κ2) is 8.71. The number of carbonyl (C=O) groups excluding carboxylic acids is 3. The van der Waals surface area contributed by atoms with Crippen LogP contribution in [0.5, 0.6) is 0 Å². The van der Waals surface area contributed by atoms with E-state index in [0.29, 0.717) is 24.2 Å². The van der Waals surface area contributed by atoms with E-state index in [1.165, 1.54) is 9.78 Å². The predicted molar refractivity (Wildman–Crippen MR) is 114 cm³/mol. The van der Waals surface area contributed by atoms with Crippen LogP contribution < -0.4 is 0 Å². The molecule has 3 heterocycles. The topological polar surface area (TPSA) is 57.7 Å². The maximum Gasteiger partial charge on any atom is 0.261 e. The highest BCUT2D eigenvalue weighted by Crippen LogP contribution is 2.23. The van der Waals surface area contributed by atoms with Gasteiger partial charge in [-0.25, -0.2) is 0 Å². The van der Waals surface area contributed by atoms with Gasteiger partial charge in [-0.3, -0.25) is 19.3 Å². The van der Waals surface area contributed by atoms with Crippen molar-refractivity contribution in [3.63, 3.8) is 0 Å². The molecule has 0 unspecified atom stereocenters. The first-order chi connectivity index (χ1) is 14.1. The number of thiophene rings is 2. The summed E-state index contributed by atoms with van der Waals surface area (Å²) in [6, 6.07) is 14.9. The number of rotatable bonds is 8. The van der Waals surface area contributed by atoms with Crippen LogP contribution in [0.25, 0.3) is 0 Å². The lowest BCUT2D eigenvalue weighted by atomic mass is 10.1. The molecule has 29 heavy (non-hydrogen) atoms. The summed E-state index contributed by atoms with van der Waals surface area (Å²) in [5.74, 6) is -0.685. The van der Waals surface area contributed by atoms with E-state index in [4.69, 9.17) is 0 Å². The molecule has 0 radical (unpaired) electrons. The molecular weight excluding hydrogens is 404 g/mol. The Morgan fingerprint density at radius 3 is 2.07 bits per heavy atom. The first kappa shape index (κ1) is 19.5. The molecule has 2 aromatic heterocycles. The van der Waals surface area contributed by atoms with Gasteiger partial charge in [0.15, 0.2) is 0 Å². The first-order valence-electron chi connectivity index (χ1n) is 9.41. The third-order valence-electron chi connectivity index (χ3n) is 4.92. The lowest BCUT2D eigenvalue weighted by Crippen LogP contribution is -2.37. The number of amides is 3. The average molecular weight is 425 g/mol. The molecule has 1 aliphatic heterocycles. The normalized spacial score (nSPS) is 13.0. The summed E-state index contributed by atoms with van der Waals surface area (Å²) in [5, 5.41) is 4.03. The Kier molecular flexibility index (Phi) is 5.87. The van der Waals surface area contributed by atoms with E-state index in [9.17, 15) is 14.4 Å². The minimum atomic E-state index is -0.318. The van der Waals surface area contributed by atoms with E-state index in [-0.39, 0.29) is 30.7 Å². The van der Waals surface area contributed by atoms with Crippen molar-refractivity contribution >= 4 is 40.4 Å². The quantitative estimate of drug-likeness (QED) is 0.512. The fourth-order valence-corrected chi connectivity index (χ4v) is 4.81. The lowest BCUT2D eigenvalue weighted by Gasteiger charge is -2.23. The molecule has 4 rings (SSSR count). The first-order valence-corrected chi connectivity index (χ1v) is 11.2. The van der Waals surface area contributed by atoms with Crippen molar-refractivity contribution in [2.75, 3.05) is 13.1 Å². The molecule has 3 aromatic rings. The summed E-state index contributed by atoms with van der Waals surface area (Å²) in [6.07, 6.45) is 0.920. The number of carbonyl (C=O) groups is 3. The van der Waals surface area contributed by atoms with E-state index in [0.717, 1.165) is 11.3 Å². The van der Waals surface area contributed by atoms with Gasteiger partial charge in [-0.2, -0.15) is 0 Å². The van der Waals surface area contributed by atoms with Crippen LogP contribution in [-0.2, 0) is 17.8 Å². The molecule has 0 atom stereocenters. The molecule has 0 aliphatic carbocycles. The van der Waals surface area contributed by atoms with Crippen LogP contribution in [0.15, 0.2) is 59.3 Å². The summed E-state index contributed by atoms with van der Waals surface area (Å²) < 4.78 is 0. The van der Waals surface area contributed by atoms with Gasteiger partial charge in [-0.1, -0.05) is 24.3 Å². The minimum absolute atomic E-state index is 0.0495. The second-order valence-electron chi connectivity index (χ2n) is 6.78. The number of benzene rings is 1. The van der Waals surface area contributed by atoms with Crippen LogP contribution in [0.4, 0.5) is 0 Å². The van der Waals surface area contributed by atoms with Crippen LogP contribution in [0.3, 0.4) is 0 Å². The molecule has 0 fully saturated rings. The van der Waals surface area contributed by atoms with Gasteiger partial charge >= 0.3 is 0 Å². The summed E-state index contributed by atoms with van der Waals surface area (Å²) in [6.45, 7) is 1.26. The van der Waals surface area contributed by atoms with E-state index >= 15 is 0 Å². The average Bonchev–Trinajstić information content (AvgIpc) is 3.48. The van der Waals surface area contributed by atoms with Gasteiger partial charge in [0.2, 0.25) is 5.91 Å². The molecule has 1 aromatic carbocycles. The predicted octanol–water partition coefficient (Wildman–Crippen LogP) is 4.07. The fraction of sp³-hybridized carbons (Fsp3) is 0.227. The summed E-state index contributed by atoms with van der Waals surface area (Å²) >= 11 is 3.30. The van der Waals surface area contributed by atoms with Crippen molar-refractivity contribution in [1.82, 2.24) is 9.80 Å². The van der Waals surface area contributed by atoms with Gasteiger partial charge in [0, 0.05) is 29.3 Å².